The Hall–Kier alpha value is -1.91. The molecule has 0 unspecified atom stereocenters. The third kappa shape index (κ3) is 9.30. The number of hydrogen-bond donors (Lipinski definition) is 8. The monoisotopic (exact) mass is 466 g/mol. The molecule has 1 aliphatic rings. The lowest BCUT2D eigenvalue weighted by Crippen LogP contribution is -2.61. The molecule has 0 aromatic heterocycles. The summed E-state index contributed by atoms with van der Waals surface area (Å²) in [6.07, 6.45) is 0. The number of aliphatic hydroxyl groups is 4. The maximum atomic E-state index is 11.5. The molecule has 32 heavy (non-hydrogen) atoms. The van der Waals surface area contributed by atoms with Crippen LogP contribution in [0.3, 0.4) is 0 Å². The molecule has 4 atom stereocenters. The van der Waals surface area contributed by atoms with Crippen LogP contribution in [-0.2, 0) is 14.4 Å². The summed E-state index contributed by atoms with van der Waals surface area (Å²) in [5.41, 5.74) is 0. The number of rotatable bonds is 10. The fraction of sp³-hybridized carbons (Fsp3) is 0.833. The van der Waals surface area contributed by atoms with Gasteiger partial charge >= 0.3 is 17.9 Å². The van der Waals surface area contributed by atoms with Crippen molar-refractivity contribution in [3.8, 4) is 0 Å². The van der Waals surface area contributed by atoms with Crippen LogP contribution < -0.4 is 5.32 Å². The predicted molar refractivity (Wildman–Crippen MR) is 109 cm³/mol. The molecule has 0 aliphatic carbocycles. The van der Waals surface area contributed by atoms with E-state index in [1.165, 1.54) is 14.7 Å². The van der Waals surface area contributed by atoms with Gasteiger partial charge in [-0.3, -0.25) is 29.1 Å². The third-order valence-electron chi connectivity index (χ3n) is 5.40. The van der Waals surface area contributed by atoms with E-state index in [9.17, 15) is 50.1 Å². The summed E-state index contributed by atoms with van der Waals surface area (Å²) in [4.78, 5) is 38.3. The molecule has 1 rings (SSSR count). The van der Waals surface area contributed by atoms with Crippen LogP contribution in [0.25, 0.3) is 0 Å². The smallest absolute Gasteiger partial charge is 0.317 e. The summed E-state index contributed by atoms with van der Waals surface area (Å²) in [6, 6.07) is -3.10. The number of aliphatic carboxylic acids is 3. The molecule has 0 saturated carbocycles. The van der Waals surface area contributed by atoms with Gasteiger partial charge in [0.05, 0.1) is 46.1 Å². The lowest BCUT2D eigenvalue weighted by Gasteiger charge is -2.41. The quantitative estimate of drug-likeness (QED) is 0.152. The molecule has 1 saturated heterocycles. The molecule has 0 bridgehead atoms. The Morgan fingerprint density at radius 3 is 1.34 bits per heavy atom. The molecule has 0 radical (unpaired) electrons. The first-order valence-corrected chi connectivity index (χ1v) is 10.2. The number of nitrogens with zero attached hydrogens (tertiary/aromatic N) is 3. The van der Waals surface area contributed by atoms with Crippen LogP contribution in [0.4, 0.5) is 0 Å². The van der Waals surface area contributed by atoms with Crippen LogP contribution in [0.1, 0.15) is 0 Å². The molecule has 1 fully saturated rings. The summed E-state index contributed by atoms with van der Waals surface area (Å²) >= 11 is 0. The highest BCUT2D eigenvalue weighted by molar-refractivity contribution is 5.70. The van der Waals surface area contributed by atoms with Gasteiger partial charge in [0, 0.05) is 50.3 Å². The van der Waals surface area contributed by atoms with E-state index in [1.54, 1.807) is 0 Å². The Kier molecular flexibility index (Phi) is 12.6. The molecule has 1 heterocycles. The Morgan fingerprint density at radius 1 is 0.625 bits per heavy atom. The second-order valence-electron chi connectivity index (χ2n) is 7.77. The van der Waals surface area contributed by atoms with E-state index in [4.69, 9.17) is 0 Å². The maximum Gasteiger partial charge on any atom is 0.317 e. The maximum absolute atomic E-state index is 11.5. The molecule has 0 amide bonds. The number of aliphatic hydroxyl groups excluding tert-OH is 4. The van der Waals surface area contributed by atoms with E-state index in [1.807, 2.05) is 0 Å². The molecular weight excluding hydrogens is 432 g/mol. The molecule has 1 aliphatic heterocycles. The highest BCUT2D eigenvalue weighted by atomic mass is 16.4. The van der Waals surface area contributed by atoms with Crippen LogP contribution in [0.5, 0.6) is 0 Å². The molecule has 14 nitrogen and oxygen atoms in total. The lowest BCUT2D eigenvalue weighted by atomic mass is 10.1. The van der Waals surface area contributed by atoms with Crippen molar-refractivity contribution in [3.05, 3.63) is 0 Å². The number of carbonyl (C=O) groups is 3. The molecule has 0 spiro atoms. The van der Waals surface area contributed by atoms with Gasteiger partial charge in [0.25, 0.3) is 0 Å². The van der Waals surface area contributed by atoms with Gasteiger partial charge in [-0.2, -0.15) is 0 Å². The number of carboxylic acids is 3. The van der Waals surface area contributed by atoms with Crippen molar-refractivity contribution in [2.24, 2.45) is 0 Å². The Labute approximate surface area is 185 Å². The van der Waals surface area contributed by atoms with Gasteiger partial charge in [0.15, 0.2) is 0 Å². The van der Waals surface area contributed by atoms with Crippen molar-refractivity contribution < 1.29 is 50.1 Å². The van der Waals surface area contributed by atoms with Crippen LogP contribution >= 0.6 is 0 Å². The van der Waals surface area contributed by atoms with E-state index >= 15 is 0 Å². The largest absolute Gasteiger partial charge is 0.480 e. The van der Waals surface area contributed by atoms with Crippen LogP contribution in [0, 0.1) is 0 Å². The highest BCUT2D eigenvalue weighted by Crippen LogP contribution is 2.12. The van der Waals surface area contributed by atoms with E-state index < -0.39 is 88.1 Å². The van der Waals surface area contributed by atoms with E-state index in [0.29, 0.717) is 0 Å². The summed E-state index contributed by atoms with van der Waals surface area (Å²) in [7, 11) is 0. The van der Waals surface area contributed by atoms with Crippen molar-refractivity contribution in [2.75, 3.05) is 72.2 Å². The normalized spacial score (nSPS) is 27.4. The van der Waals surface area contributed by atoms with E-state index in [-0.39, 0.29) is 26.2 Å². The standard InChI is InChI=1S/C18H34N4O10/c23-8-12-2-20(5-16(27)28)14(10-25)4-22(7-18(31)32)15(11-26)3-21(6-17(29)30)13(9-24)1-19-12/h12-15,19,23-26H,1-11H2,(H,27,28)(H,29,30)(H,31,32)/t12-,13-,14-,15-/m1/s1. The fourth-order valence-corrected chi connectivity index (χ4v) is 3.75. The Bertz CT molecular complexity index is 596. The van der Waals surface area contributed by atoms with Crippen molar-refractivity contribution in [1.29, 1.82) is 0 Å². The first-order valence-electron chi connectivity index (χ1n) is 10.2. The predicted octanol–water partition coefficient (Wildman–Crippen LogP) is -4.81. The van der Waals surface area contributed by atoms with Gasteiger partial charge in [-0.15, -0.1) is 0 Å². The number of nitrogens with one attached hydrogen (secondary N) is 1. The minimum absolute atomic E-state index is 0.0180. The minimum atomic E-state index is -1.23. The van der Waals surface area contributed by atoms with Crippen molar-refractivity contribution >= 4 is 17.9 Å². The van der Waals surface area contributed by atoms with Crippen LogP contribution in [0.15, 0.2) is 0 Å². The molecular formula is C18H34N4O10. The van der Waals surface area contributed by atoms with Gasteiger partial charge in [-0.05, 0) is 0 Å². The van der Waals surface area contributed by atoms with E-state index in [0.717, 1.165) is 0 Å². The van der Waals surface area contributed by atoms with Crippen LogP contribution in [0.2, 0.25) is 0 Å². The average molecular weight is 466 g/mol. The first kappa shape index (κ1) is 28.1. The second-order valence-corrected chi connectivity index (χ2v) is 7.77. The van der Waals surface area contributed by atoms with Crippen molar-refractivity contribution in [2.45, 2.75) is 24.2 Å². The summed E-state index contributed by atoms with van der Waals surface area (Å²) in [6.45, 7) is -3.64. The number of carboxylic acid groups (broad SMARTS) is 3. The zero-order chi connectivity index (χ0) is 24.3. The highest BCUT2D eigenvalue weighted by Gasteiger charge is 2.33. The zero-order valence-electron chi connectivity index (χ0n) is 17.8. The molecule has 0 aromatic rings. The molecule has 8 N–H and O–H groups in total. The Balaban J connectivity index is 3.38. The van der Waals surface area contributed by atoms with Gasteiger partial charge in [0.1, 0.15) is 0 Å². The van der Waals surface area contributed by atoms with Crippen molar-refractivity contribution in [1.82, 2.24) is 20.0 Å². The molecule has 14 heteroatoms. The summed E-state index contributed by atoms with van der Waals surface area (Å²) in [5.74, 6) is -3.59. The minimum Gasteiger partial charge on any atom is -0.480 e. The SMILES string of the molecule is O=C(O)CN1C[C@H](CO)NC[C@H](CO)N(CC(=O)O)C[C@H](CO)N(CC(=O)O)C[C@@H]1CO. The zero-order valence-corrected chi connectivity index (χ0v) is 17.8. The van der Waals surface area contributed by atoms with Crippen LogP contribution in [-0.4, -0.2) is 165 Å². The van der Waals surface area contributed by atoms with E-state index in [2.05, 4.69) is 5.32 Å². The van der Waals surface area contributed by atoms with Gasteiger partial charge in [-0.25, -0.2) is 0 Å². The summed E-state index contributed by atoms with van der Waals surface area (Å²) < 4.78 is 0. The first-order chi connectivity index (χ1) is 15.1. The Morgan fingerprint density at radius 2 is 1.00 bits per heavy atom. The van der Waals surface area contributed by atoms with Crippen molar-refractivity contribution in [3.63, 3.8) is 0 Å². The fourth-order valence-electron chi connectivity index (χ4n) is 3.75. The average Bonchev–Trinajstić information content (AvgIpc) is 2.71. The molecule has 0 aromatic carbocycles. The van der Waals surface area contributed by atoms with Gasteiger partial charge in [0.2, 0.25) is 0 Å². The topological polar surface area (TPSA) is 215 Å². The summed E-state index contributed by atoms with van der Waals surface area (Å²) in [5, 5.41) is 70.3. The third-order valence-corrected chi connectivity index (χ3v) is 5.40. The number of hydrogen-bond acceptors (Lipinski definition) is 11. The van der Waals surface area contributed by atoms with Gasteiger partial charge < -0.3 is 41.1 Å². The molecule has 186 valence electrons. The van der Waals surface area contributed by atoms with Gasteiger partial charge in [-0.1, -0.05) is 0 Å². The second kappa shape index (κ2) is 14.3. The lowest BCUT2D eigenvalue weighted by molar-refractivity contribution is -0.143.